The molecule has 0 aliphatic rings. The van der Waals surface area contributed by atoms with Crippen molar-refractivity contribution >= 4 is 0 Å². The normalized spacial score (nSPS) is 10.3. The lowest BCUT2D eigenvalue weighted by molar-refractivity contribution is 0.399. The molecule has 0 saturated heterocycles. The van der Waals surface area contributed by atoms with Crippen LogP contribution in [0.4, 0.5) is 0 Å². The van der Waals surface area contributed by atoms with Gasteiger partial charge in [-0.25, -0.2) is 4.98 Å². The summed E-state index contributed by atoms with van der Waals surface area (Å²) in [5, 5.41) is 19.3. The topological polar surface area (TPSA) is 68.9 Å². The molecule has 0 aliphatic carbocycles. The van der Waals surface area contributed by atoms with E-state index in [2.05, 4.69) is 37.1 Å². The van der Waals surface area contributed by atoms with Crippen molar-refractivity contribution in [3.63, 3.8) is 0 Å². The van der Waals surface area contributed by atoms with Crippen LogP contribution in [0.15, 0.2) is 12.1 Å². The van der Waals surface area contributed by atoms with E-state index in [1.807, 2.05) is 19.1 Å². The van der Waals surface area contributed by atoms with Gasteiger partial charge in [-0.15, -0.1) is 0 Å². The van der Waals surface area contributed by atoms with Crippen LogP contribution in [0.25, 0.3) is 0 Å². The van der Waals surface area contributed by atoms with Crippen molar-refractivity contribution in [3.8, 4) is 6.07 Å². The fourth-order valence-corrected chi connectivity index (χ4v) is 1.39. The number of aliphatic hydroxyl groups is 1. The summed E-state index contributed by atoms with van der Waals surface area (Å²) in [6.07, 6.45) is 0.853. The number of aliphatic hydroxyl groups excluding tert-OH is 1. The van der Waals surface area contributed by atoms with Gasteiger partial charge in [0, 0.05) is 31.3 Å². The minimum atomic E-state index is 0.128. The molecule has 4 nitrogen and oxygen atoms in total. The molecule has 0 radical (unpaired) electrons. The van der Waals surface area contributed by atoms with Crippen LogP contribution in [-0.4, -0.2) is 29.3 Å². The zero-order chi connectivity index (χ0) is 14.2. The zero-order valence-corrected chi connectivity index (χ0v) is 11.9. The Kier molecular flexibility index (Phi) is 7.18. The van der Waals surface area contributed by atoms with E-state index in [0.717, 1.165) is 31.3 Å². The SMILES string of the molecule is CO.Cc1ccc(CCNC(C)(C)C)nc1C#N. The summed E-state index contributed by atoms with van der Waals surface area (Å²) >= 11 is 0. The average molecular weight is 249 g/mol. The summed E-state index contributed by atoms with van der Waals surface area (Å²) in [5.41, 5.74) is 2.57. The standard InChI is InChI=1S/C13H19N3.CH4O/c1-10-5-6-11(16-12(10)9-14)7-8-15-13(2,3)4;1-2/h5-6,15H,7-8H2,1-4H3;2H,1H3. The molecule has 18 heavy (non-hydrogen) atoms. The molecule has 2 N–H and O–H groups in total. The van der Waals surface area contributed by atoms with Crippen molar-refractivity contribution in [3.05, 3.63) is 29.1 Å². The number of nitriles is 1. The first kappa shape index (κ1) is 16.6. The fraction of sp³-hybridized carbons (Fsp3) is 0.571. The molecule has 100 valence electrons. The molecule has 4 heteroatoms. The lowest BCUT2D eigenvalue weighted by Crippen LogP contribution is -2.37. The second-order valence-electron chi connectivity index (χ2n) is 5.01. The highest BCUT2D eigenvalue weighted by molar-refractivity contribution is 5.31. The van der Waals surface area contributed by atoms with Crippen LogP contribution in [-0.2, 0) is 6.42 Å². The first-order chi connectivity index (χ1) is 8.42. The summed E-state index contributed by atoms with van der Waals surface area (Å²) in [4.78, 5) is 4.31. The summed E-state index contributed by atoms with van der Waals surface area (Å²) in [5.74, 6) is 0. The van der Waals surface area contributed by atoms with Crippen molar-refractivity contribution in [2.75, 3.05) is 13.7 Å². The molecule has 0 saturated carbocycles. The van der Waals surface area contributed by atoms with Crippen molar-refractivity contribution in [2.24, 2.45) is 0 Å². The molecule has 0 fully saturated rings. The van der Waals surface area contributed by atoms with E-state index in [9.17, 15) is 0 Å². The first-order valence-electron chi connectivity index (χ1n) is 5.99. The first-order valence-corrected chi connectivity index (χ1v) is 5.99. The van der Waals surface area contributed by atoms with Crippen molar-refractivity contribution < 1.29 is 5.11 Å². The Labute approximate surface area is 110 Å². The van der Waals surface area contributed by atoms with Gasteiger partial charge in [-0.1, -0.05) is 6.07 Å². The number of nitrogens with zero attached hydrogens (tertiary/aromatic N) is 2. The maximum atomic E-state index is 8.87. The summed E-state index contributed by atoms with van der Waals surface area (Å²) in [6, 6.07) is 6.05. The van der Waals surface area contributed by atoms with E-state index >= 15 is 0 Å². The van der Waals surface area contributed by atoms with E-state index in [-0.39, 0.29) is 5.54 Å². The lowest BCUT2D eigenvalue weighted by Gasteiger charge is -2.20. The fourth-order valence-electron chi connectivity index (χ4n) is 1.39. The third kappa shape index (κ3) is 6.33. The zero-order valence-electron chi connectivity index (χ0n) is 11.9. The number of aryl methyl sites for hydroxylation is 1. The number of pyridine rings is 1. The Balaban J connectivity index is 0.00000137. The Morgan fingerprint density at radius 3 is 2.44 bits per heavy atom. The number of aromatic nitrogens is 1. The molecular formula is C14H23N3O. The van der Waals surface area contributed by atoms with Crippen LogP contribution in [0.1, 0.15) is 37.7 Å². The van der Waals surface area contributed by atoms with Gasteiger partial charge in [-0.05, 0) is 39.3 Å². The highest BCUT2D eigenvalue weighted by atomic mass is 16.2. The summed E-state index contributed by atoms with van der Waals surface area (Å²) in [7, 11) is 1.00. The third-order valence-electron chi connectivity index (χ3n) is 2.30. The molecule has 0 aromatic carbocycles. The van der Waals surface area contributed by atoms with Gasteiger partial charge in [0.25, 0.3) is 0 Å². The minimum Gasteiger partial charge on any atom is -0.400 e. The highest BCUT2D eigenvalue weighted by Crippen LogP contribution is 2.06. The van der Waals surface area contributed by atoms with Gasteiger partial charge in [0.2, 0.25) is 0 Å². The van der Waals surface area contributed by atoms with E-state index in [1.54, 1.807) is 0 Å². The number of rotatable bonds is 3. The Morgan fingerprint density at radius 1 is 1.33 bits per heavy atom. The lowest BCUT2D eigenvalue weighted by atomic mass is 10.1. The largest absolute Gasteiger partial charge is 0.400 e. The predicted octanol–water partition coefficient (Wildman–Crippen LogP) is 1.80. The Hall–Kier alpha value is -1.44. The number of hydrogen-bond donors (Lipinski definition) is 2. The van der Waals surface area contributed by atoms with Gasteiger partial charge in [-0.2, -0.15) is 5.26 Å². The molecule has 1 rings (SSSR count). The second-order valence-corrected chi connectivity index (χ2v) is 5.01. The molecule has 1 aromatic heterocycles. The maximum Gasteiger partial charge on any atom is 0.143 e. The van der Waals surface area contributed by atoms with Crippen LogP contribution < -0.4 is 5.32 Å². The second kappa shape index (κ2) is 7.80. The van der Waals surface area contributed by atoms with Gasteiger partial charge < -0.3 is 10.4 Å². The molecule has 1 aromatic rings. The molecule has 0 aliphatic heterocycles. The number of hydrogen-bond acceptors (Lipinski definition) is 4. The van der Waals surface area contributed by atoms with Crippen LogP contribution in [0.3, 0.4) is 0 Å². The quantitative estimate of drug-likeness (QED) is 0.857. The molecule has 0 amide bonds. The maximum absolute atomic E-state index is 8.87. The van der Waals surface area contributed by atoms with E-state index in [1.165, 1.54) is 0 Å². The monoisotopic (exact) mass is 249 g/mol. The van der Waals surface area contributed by atoms with Crippen LogP contribution >= 0.6 is 0 Å². The molecule has 0 atom stereocenters. The van der Waals surface area contributed by atoms with Crippen molar-refractivity contribution in [1.82, 2.24) is 10.3 Å². The molecule has 0 unspecified atom stereocenters. The molecular weight excluding hydrogens is 226 g/mol. The highest BCUT2D eigenvalue weighted by Gasteiger charge is 2.08. The number of nitrogens with one attached hydrogen (secondary N) is 1. The Morgan fingerprint density at radius 2 is 1.94 bits per heavy atom. The van der Waals surface area contributed by atoms with Gasteiger partial charge in [0.15, 0.2) is 0 Å². The Bertz CT molecular complexity index is 402. The van der Waals surface area contributed by atoms with E-state index < -0.39 is 0 Å². The molecule has 1 heterocycles. The van der Waals surface area contributed by atoms with Crippen molar-refractivity contribution in [1.29, 1.82) is 5.26 Å². The summed E-state index contributed by atoms with van der Waals surface area (Å²) < 4.78 is 0. The van der Waals surface area contributed by atoms with Gasteiger partial charge in [-0.3, -0.25) is 0 Å². The average Bonchev–Trinajstić information content (AvgIpc) is 2.32. The van der Waals surface area contributed by atoms with Crippen LogP contribution in [0, 0.1) is 18.3 Å². The minimum absolute atomic E-state index is 0.128. The molecule has 0 bridgehead atoms. The van der Waals surface area contributed by atoms with Crippen molar-refractivity contribution in [2.45, 2.75) is 39.7 Å². The third-order valence-corrected chi connectivity index (χ3v) is 2.30. The van der Waals surface area contributed by atoms with Gasteiger partial charge in [0.1, 0.15) is 11.8 Å². The van der Waals surface area contributed by atoms with Gasteiger partial charge >= 0.3 is 0 Å². The predicted molar refractivity (Wildman–Crippen MR) is 73.3 cm³/mol. The van der Waals surface area contributed by atoms with E-state index in [0.29, 0.717) is 5.69 Å². The molecule has 0 spiro atoms. The summed E-state index contributed by atoms with van der Waals surface area (Å²) in [6.45, 7) is 9.19. The van der Waals surface area contributed by atoms with E-state index in [4.69, 9.17) is 10.4 Å². The van der Waals surface area contributed by atoms with Crippen LogP contribution in [0.2, 0.25) is 0 Å². The smallest absolute Gasteiger partial charge is 0.143 e. The van der Waals surface area contributed by atoms with Crippen LogP contribution in [0.5, 0.6) is 0 Å². The van der Waals surface area contributed by atoms with Gasteiger partial charge in [0.05, 0.1) is 0 Å².